The van der Waals surface area contributed by atoms with Gasteiger partial charge in [0.25, 0.3) is 0 Å². The minimum Gasteiger partial charge on any atom is -0.480 e. The lowest BCUT2D eigenvalue weighted by atomic mass is 10.1. The fourth-order valence-electron chi connectivity index (χ4n) is 2.08. The largest absolute Gasteiger partial charge is 0.480 e. The van der Waals surface area contributed by atoms with E-state index >= 15 is 0 Å². The summed E-state index contributed by atoms with van der Waals surface area (Å²) in [4.78, 5) is 69.3. The zero-order valence-corrected chi connectivity index (χ0v) is 16.3. The lowest BCUT2D eigenvalue weighted by Gasteiger charge is -2.22. The molecule has 0 aromatic heterocycles. The topological polar surface area (TPSA) is 237 Å². The number of carboxylic acid groups (broad SMARTS) is 1. The molecule has 0 bridgehead atoms. The Morgan fingerprint density at radius 1 is 0.759 bits per heavy atom. The van der Waals surface area contributed by atoms with Crippen LogP contribution in [0.25, 0.3) is 0 Å². The number of carbonyl (C=O) groups excluding carboxylic acids is 5. The summed E-state index contributed by atoms with van der Waals surface area (Å²) in [5.74, 6) is -5.06. The molecule has 0 rings (SSSR count). The Morgan fingerprint density at radius 2 is 1.21 bits per heavy atom. The van der Waals surface area contributed by atoms with Gasteiger partial charge in [0, 0.05) is 12.8 Å². The van der Waals surface area contributed by atoms with Crippen molar-refractivity contribution in [2.45, 2.75) is 63.7 Å². The molecule has 29 heavy (non-hydrogen) atoms. The highest BCUT2D eigenvalue weighted by Gasteiger charge is 2.28. The zero-order valence-electron chi connectivity index (χ0n) is 16.3. The first kappa shape index (κ1) is 25.8. The van der Waals surface area contributed by atoms with Crippen molar-refractivity contribution < 1.29 is 33.9 Å². The van der Waals surface area contributed by atoms with Crippen LogP contribution in [0.15, 0.2) is 0 Å². The Hall–Kier alpha value is -3.22. The van der Waals surface area contributed by atoms with Gasteiger partial charge < -0.3 is 38.3 Å². The van der Waals surface area contributed by atoms with Crippen LogP contribution in [0.1, 0.15) is 39.5 Å². The Balaban J connectivity index is 5.00. The predicted molar refractivity (Wildman–Crippen MR) is 99.6 cm³/mol. The van der Waals surface area contributed by atoms with Gasteiger partial charge in [-0.15, -0.1) is 0 Å². The number of nitrogens with one attached hydrogen (secondary N) is 3. The molecule has 0 unspecified atom stereocenters. The number of primary amides is 2. The van der Waals surface area contributed by atoms with Crippen LogP contribution in [0.3, 0.4) is 0 Å². The van der Waals surface area contributed by atoms with E-state index in [1.807, 2.05) is 0 Å². The van der Waals surface area contributed by atoms with Gasteiger partial charge in [0.15, 0.2) is 0 Å². The van der Waals surface area contributed by atoms with E-state index in [9.17, 15) is 28.8 Å². The summed E-state index contributed by atoms with van der Waals surface area (Å²) < 4.78 is 0. The lowest BCUT2D eigenvalue weighted by molar-refractivity contribution is -0.142. The van der Waals surface area contributed by atoms with E-state index in [4.69, 9.17) is 22.3 Å². The highest BCUT2D eigenvalue weighted by atomic mass is 16.4. The molecule has 0 saturated heterocycles. The summed E-state index contributed by atoms with van der Waals surface area (Å²) >= 11 is 0. The molecule has 0 saturated carbocycles. The highest BCUT2D eigenvalue weighted by molar-refractivity contribution is 5.94. The second kappa shape index (κ2) is 12.3. The third-order valence-corrected chi connectivity index (χ3v) is 3.77. The maximum atomic E-state index is 12.4. The van der Waals surface area contributed by atoms with E-state index in [0.29, 0.717) is 0 Å². The van der Waals surface area contributed by atoms with Crippen LogP contribution in [-0.2, 0) is 28.8 Å². The summed E-state index contributed by atoms with van der Waals surface area (Å²) in [7, 11) is 0. The van der Waals surface area contributed by atoms with Gasteiger partial charge in [0.1, 0.15) is 18.1 Å². The molecule has 164 valence electrons. The summed E-state index contributed by atoms with van der Waals surface area (Å²) in [5, 5.41) is 15.9. The minimum absolute atomic E-state index is 0.121. The van der Waals surface area contributed by atoms with Gasteiger partial charge in [-0.3, -0.25) is 24.0 Å². The van der Waals surface area contributed by atoms with Crippen LogP contribution in [0.4, 0.5) is 0 Å². The number of carboxylic acids is 1. The van der Waals surface area contributed by atoms with Gasteiger partial charge in [-0.25, -0.2) is 4.79 Å². The van der Waals surface area contributed by atoms with Crippen LogP contribution in [0.5, 0.6) is 0 Å². The average molecular weight is 416 g/mol. The van der Waals surface area contributed by atoms with Crippen molar-refractivity contribution in [2.75, 3.05) is 0 Å². The van der Waals surface area contributed by atoms with Gasteiger partial charge in [-0.2, -0.15) is 0 Å². The molecular weight excluding hydrogens is 388 g/mol. The quantitative estimate of drug-likeness (QED) is 0.158. The minimum atomic E-state index is -1.38. The second-order valence-corrected chi connectivity index (χ2v) is 6.49. The third-order valence-electron chi connectivity index (χ3n) is 3.77. The van der Waals surface area contributed by atoms with Crippen molar-refractivity contribution in [3.05, 3.63) is 0 Å². The number of rotatable bonds is 13. The zero-order chi connectivity index (χ0) is 22.7. The molecule has 10 N–H and O–H groups in total. The van der Waals surface area contributed by atoms with E-state index in [0.717, 1.165) is 0 Å². The summed E-state index contributed by atoms with van der Waals surface area (Å²) in [6.07, 6.45) is -0.796. The molecule has 0 aliphatic carbocycles. The van der Waals surface area contributed by atoms with Crippen molar-refractivity contribution in [1.82, 2.24) is 16.0 Å². The first-order valence-corrected chi connectivity index (χ1v) is 8.81. The smallest absolute Gasteiger partial charge is 0.326 e. The molecule has 13 nitrogen and oxygen atoms in total. The van der Waals surface area contributed by atoms with Crippen LogP contribution >= 0.6 is 0 Å². The first-order chi connectivity index (χ1) is 13.3. The molecular formula is C16H28N6O7. The molecule has 5 amide bonds. The number of carbonyl (C=O) groups is 6. The molecule has 0 fully saturated rings. The number of hydrogen-bond acceptors (Lipinski definition) is 7. The van der Waals surface area contributed by atoms with E-state index in [-0.39, 0.29) is 25.7 Å². The fraction of sp³-hybridized carbons (Fsp3) is 0.625. The third kappa shape index (κ3) is 10.6. The molecule has 0 spiro atoms. The molecule has 0 radical (unpaired) electrons. The van der Waals surface area contributed by atoms with E-state index in [2.05, 4.69) is 16.0 Å². The molecule has 0 heterocycles. The molecule has 0 aromatic rings. The standard InChI is InChI=1S/C16H28N6O7/c1-7(17)13(25)21-9(3-5-11(18)23)15(27)20-8(2)14(26)22-10(16(28)29)4-6-12(19)24/h7-10H,3-6,17H2,1-2H3,(H2,18,23)(H2,19,24)(H,20,27)(H,21,25)(H,22,26)(H,28,29)/t7-,8-,9-,10-/m0/s1. The Labute approximate surface area is 167 Å². The van der Waals surface area contributed by atoms with Gasteiger partial charge in [0.05, 0.1) is 6.04 Å². The summed E-state index contributed by atoms with van der Waals surface area (Å²) in [5.41, 5.74) is 15.5. The van der Waals surface area contributed by atoms with Crippen molar-refractivity contribution in [3.8, 4) is 0 Å². The Morgan fingerprint density at radius 3 is 1.62 bits per heavy atom. The maximum Gasteiger partial charge on any atom is 0.326 e. The highest BCUT2D eigenvalue weighted by Crippen LogP contribution is 2.01. The molecule has 0 aliphatic heterocycles. The van der Waals surface area contributed by atoms with Gasteiger partial charge in [-0.1, -0.05) is 0 Å². The Bertz CT molecular complexity index is 652. The maximum absolute atomic E-state index is 12.4. The average Bonchev–Trinajstić information content (AvgIpc) is 2.60. The van der Waals surface area contributed by atoms with Crippen molar-refractivity contribution in [2.24, 2.45) is 17.2 Å². The van der Waals surface area contributed by atoms with Crippen molar-refractivity contribution in [3.63, 3.8) is 0 Å². The fourth-order valence-corrected chi connectivity index (χ4v) is 2.08. The first-order valence-electron chi connectivity index (χ1n) is 8.81. The SMILES string of the molecule is C[C@H](N)C(=O)N[C@@H](CCC(N)=O)C(=O)N[C@@H](C)C(=O)N[C@@H](CCC(N)=O)C(=O)O. The van der Waals surface area contributed by atoms with E-state index < -0.39 is 59.7 Å². The number of aliphatic carboxylic acids is 1. The molecule has 0 aliphatic rings. The van der Waals surface area contributed by atoms with Gasteiger partial charge >= 0.3 is 5.97 Å². The second-order valence-electron chi connectivity index (χ2n) is 6.49. The van der Waals surface area contributed by atoms with Crippen molar-refractivity contribution >= 4 is 35.5 Å². The predicted octanol–water partition coefficient (Wildman–Crippen LogP) is -3.58. The molecule has 13 heteroatoms. The van der Waals surface area contributed by atoms with Crippen LogP contribution in [0, 0.1) is 0 Å². The van der Waals surface area contributed by atoms with Crippen LogP contribution < -0.4 is 33.2 Å². The molecule has 4 atom stereocenters. The normalized spacial score (nSPS) is 14.6. The number of hydrogen-bond donors (Lipinski definition) is 7. The molecule has 0 aromatic carbocycles. The summed E-state index contributed by atoms with van der Waals surface area (Å²) in [6.45, 7) is 2.69. The van der Waals surface area contributed by atoms with E-state index in [1.54, 1.807) is 0 Å². The van der Waals surface area contributed by atoms with Crippen molar-refractivity contribution in [1.29, 1.82) is 0 Å². The summed E-state index contributed by atoms with van der Waals surface area (Å²) in [6, 6.07) is -4.65. The number of nitrogens with two attached hydrogens (primary N) is 3. The Kier molecular flexibility index (Phi) is 10.9. The lowest BCUT2D eigenvalue weighted by Crippen LogP contribution is -2.56. The van der Waals surface area contributed by atoms with Crippen LogP contribution in [-0.4, -0.2) is 64.8 Å². The van der Waals surface area contributed by atoms with Gasteiger partial charge in [0.2, 0.25) is 29.5 Å². The number of amides is 5. The van der Waals surface area contributed by atoms with Crippen LogP contribution in [0.2, 0.25) is 0 Å². The van der Waals surface area contributed by atoms with Gasteiger partial charge in [-0.05, 0) is 26.7 Å². The monoisotopic (exact) mass is 416 g/mol. The van der Waals surface area contributed by atoms with E-state index in [1.165, 1.54) is 13.8 Å².